The summed E-state index contributed by atoms with van der Waals surface area (Å²) in [7, 11) is 0. The Balaban J connectivity index is 2.91. The summed E-state index contributed by atoms with van der Waals surface area (Å²) in [6.45, 7) is 3.90. The Bertz CT molecular complexity index is 474. The Morgan fingerprint density at radius 3 is 2.63 bits per heavy atom. The number of aliphatic carboxylic acids is 1. The highest BCUT2D eigenvalue weighted by Crippen LogP contribution is 2.19. The van der Waals surface area contributed by atoms with Crippen LogP contribution in [-0.2, 0) is 4.79 Å². The minimum atomic E-state index is -1.05. The first kappa shape index (κ1) is 16.1. The second-order valence-corrected chi connectivity index (χ2v) is 5.78. The third kappa shape index (κ3) is 4.28. The van der Waals surface area contributed by atoms with Crippen LogP contribution in [0.3, 0.4) is 0 Å². The molecule has 0 fully saturated rings. The molecule has 1 aromatic heterocycles. The first-order valence-corrected chi connectivity index (χ1v) is 7.31. The Hall–Kier alpha value is -0.950. The van der Waals surface area contributed by atoms with Crippen molar-refractivity contribution >= 4 is 40.4 Å². The van der Waals surface area contributed by atoms with Crippen LogP contribution in [0, 0.1) is 0 Å². The van der Waals surface area contributed by atoms with E-state index < -0.39 is 17.9 Å². The maximum Gasteiger partial charge on any atom is 0.326 e. The van der Waals surface area contributed by atoms with Gasteiger partial charge in [0.05, 0.1) is 0 Å². The van der Waals surface area contributed by atoms with E-state index in [9.17, 15) is 9.59 Å². The van der Waals surface area contributed by atoms with E-state index in [0.29, 0.717) is 11.4 Å². The van der Waals surface area contributed by atoms with Gasteiger partial charge < -0.3 is 15.0 Å². The highest BCUT2D eigenvalue weighted by Gasteiger charge is 2.22. The Morgan fingerprint density at radius 2 is 2.16 bits per heavy atom. The molecule has 2 N–H and O–H groups in total. The van der Waals surface area contributed by atoms with Gasteiger partial charge in [0, 0.05) is 16.7 Å². The summed E-state index contributed by atoms with van der Waals surface area (Å²) in [4.78, 5) is 23.1. The molecular formula is C12H17BrN2O3S. The number of carboxylic acids is 1. The van der Waals surface area contributed by atoms with E-state index in [1.807, 2.05) is 13.8 Å². The number of halogens is 1. The van der Waals surface area contributed by atoms with Crippen LogP contribution in [0.2, 0.25) is 0 Å². The number of carbonyl (C=O) groups excluding carboxylic acids is 1. The van der Waals surface area contributed by atoms with Crippen LogP contribution in [0.15, 0.2) is 16.7 Å². The van der Waals surface area contributed by atoms with Gasteiger partial charge in [0.1, 0.15) is 11.7 Å². The Kier molecular flexibility index (Phi) is 5.93. The monoisotopic (exact) mass is 348 g/mol. The molecule has 5 nitrogen and oxygen atoms in total. The zero-order valence-corrected chi connectivity index (χ0v) is 13.2. The fourth-order valence-corrected chi connectivity index (χ4v) is 2.37. The molecule has 0 aliphatic rings. The van der Waals surface area contributed by atoms with Crippen LogP contribution in [0.25, 0.3) is 0 Å². The molecule has 1 unspecified atom stereocenters. The van der Waals surface area contributed by atoms with Gasteiger partial charge in [-0.1, -0.05) is 0 Å². The van der Waals surface area contributed by atoms with Crippen LogP contribution in [0.4, 0.5) is 0 Å². The average Bonchev–Trinajstić information content (AvgIpc) is 2.70. The number of aromatic nitrogens is 1. The van der Waals surface area contributed by atoms with Gasteiger partial charge in [-0.3, -0.25) is 4.79 Å². The maximum atomic E-state index is 12.1. The summed E-state index contributed by atoms with van der Waals surface area (Å²) < 4.78 is 2.58. The van der Waals surface area contributed by atoms with E-state index in [1.165, 1.54) is 0 Å². The summed E-state index contributed by atoms with van der Waals surface area (Å²) >= 11 is 7.31. The Labute approximate surface area is 125 Å². The first-order valence-electron chi connectivity index (χ1n) is 5.88. The molecule has 106 valence electrons. The predicted molar refractivity (Wildman–Crippen MR) is 79.9 cm³/mol. The highest BCUT2D eigenvalue weighted by atomic mass is 79.9. The molecule has 19 heavy (non-hydrogen) atoms. The number of hydrogen-bond acceptors (Lipinski definition) is 3. The minimum Gasteiger partial charge on any atom is -0.480 e. The predicted octanol–water partition coefficient (Wildman–Crippen LogP) is 2.33. The van der Waals surface area contributed by atoms with Crippen molar-refractivity contribution in [3.05, 3.63) is 22.4 Å². The summed E-state index contributed by atoms with van der Waals surface area (Å²) in [5.74, 6) is -1.05. The smallest absolute Gasteiger partial charge is 0.326 e. The molecule has 0 aliphatic carbocycles. The van der Waals surface area contributed by atoms with Gasteiger partial charge in [-0.2, -0.15) is 12.6 Å². The molecule has 1 atom stereocenters. The van der Waals surface area contributed by atoms with Gasteiger partial charge in [0.25, 0.3) is 5.91 Å². The molecule has 0 bridgehead atoms. The van der Waals surface area contributed by atoms with E-state index in [0.717, 1.165) is 4.47 Å². The normalized spacial score (nSPS) is 12.5. The molecule has 0 radical (unpaired) electrons. The van der Waals surface area contributed by atoms with Crippen molar-refractivity contribution in [3.8, 4) is 0 Å². The number of carboxylic acid groups (broad SMARTS) is 1. The minimum absolute atomic E-state index is 0.111. The number of thiol groups is 1. The average molecular weight is 349 g/mol. The number of nitrogens with zero attached hydrogens (tertiary/aromatic N) is 1. The lowest BCUT2D eigenvalue weighted by Crippen LogP contribution is -2.41. The summed E-state index contributed by atoms with van der Waals surface area (Å²) in [5.41, 5.74) is 0.437. The quantitative estimate of drug-likeness (QED) is 0.691. The highest BCUT2D eigenvalue weighted by molar-refractivity contribution is 9.10. The maximum absolute atomic E-state index is 12.1. The zero-order valence-electron chi connectivity index (χ0n) is 10.8. The number of rotatable bonds is 6. The van der Waals surface area contributed by atoms with Crippen molar-refractivity contribution in [2.75, 3.05) is 5.75 Å². The number of amides is 1. The Morgan fingerprint density at radius 1 is 1.53 bits per heavy atom. The molecule has 1 aromatic rings. The van der Waals surface area contributed by atoms with Crippen LogP contribution < -0.4 is 5.32 Å². The summed E-state index contributed by atoms with van der Waals surface area (Å²) in [6, 6.07) is 0.870. The molecule has 1 heterocycles. The van der Waals surface area contributed by atoms with Crippen molar-refractivity contribution in [1.82, 2.24) is 9.88 Å². The fourth-order valence-electron chi connectivity index (χ4n) is 1.67. The van der Waals surface area contributed by atoms with Crippen molar-refractivity contribution in [2.45, 2.75) is 32.4 Å². The molecule has 0 aliphatic heterocycles. The van der Waals surface area contributed by atoms with Crippen molar-refractivity contribution in [3.63, 3.8) is 0 Å². The molecule has 0 aromatic carbocycles. The first-order chi connectivity index (χ1) is 8.86. The van der Waals surface area contributed by atoms with E-state index in [2.05, 4.69) is 33.9 Å². The fraction of sp³-hybridized carbons (Fsp3) is 0.500. The van der Waals surface area contributed by atoms with Crippen molar-refractivity contribution < 1.29 is 14.7 Å². The zero-order chi connectivity index (χ0) is 14.6. The third-order valence-corrected chi connectivity index (χ3v) is 3.32. The molecule has 1 rings (SSSR count). The van der Waals surface area contributed by atoms with Gasteiger partial charge in [-0.15, -0.1) is 0 Å². The van der Waals surface area contributed by atoms with E-state index >= 15 is 0 Å². The van der Waals surface area contributed by atoms with E-state index in [1.54, 1.807) is 16.8 Å². The van der Waals surface area contributed by atoms with E-state index in [4.69, 9.17) is 5.11 Å². The van der Waals surface area contributed by atoms with Gasteiger partial charge >= 0.3 is 5.97 Å². The van der Waals surface area contributed by atoms with Crippen LogP contribution in [0.1, 0.15) is 36.8 Å². The van der Waals surface area contributed by atoms with Crippen molar-refractivity contribution in [2.24, 2.45) is 0 Å². The van der Waals surface area contributed by atoms with E-state index in [-0.39, 0.29) is 12.5 Å². The number of carbonyl (C=O) groups is 2. The number of nitrogens with one attached hydrogen (secondary N) is 1. The van der Waals surface area contributed by atoms with Crippen LogP contribution in [-0.4, -0.2) is 33.3 Å². The topological polar surface area (TPSA) is 71.3 Å². The molecule has 0 saturated carbocycles. The van der Waals surface area contributed by atoms with Gasteiger partial charge in [-0.25, -0.2) is 4.79 Å². The third-order valence-electron chi connectivity index (χ3n) is 2.63. The summed E-state index contributed by atoms with van der Waals surface area (Å²) in [5, 5.41) is 11.5. The van der Waals surface area contributed by atoms with Gasteiger partial charge in [0.15, 0.2) is 0 Å². The largest absolute Gasteiger partial charge is 0.480 e. The molecule has 0 spiro atoms. The second-order valence-electron chi connectivity index (χ2n) is 4.42. The lowest BCUT2D eigenvalue weighted by Gasteiger charge is -2.16. The van der Waals surface area contributed by atoms with Gasteiger partial charge in [-0.05, 0) is 48.0 Å². The van der Waals surface area contributed by atoms with Crippen LogP contribution >= 0.6 is 28.6 Å². The lowest BCUT2D eigenvalue weighted by molar-refractivity contribution is -0.139. The van der Waals surface area contributed by atoms with Crippen LogP contribution in [0.5, 0.6) is 0 Å². The summed E-state index contributed by atoms with van der Waals surface area (Å²) in [6.07, 6.45) is 2.09. The number of hydrogen-bond donors (Lipinski definition) is 3. The molecular weight excluding hydrogens is 332 g/mol. The van der Waals surface area contributed by atoms with Gasteiger partial charge in [0.2, 0.25) is 0 Å². The SMILES string of the molecule is CC(C)n1cc(Br)cc1C(=O)NC(CCS)C(=O)O. The second kappa shape index (κ2) is 7.00. The molecule has 0 saturated heterocycles. The molecule has 7 heteroatoms. The lowest BCUT2D eigenvalue weighted by atomic mass is 10.2. The van der Waals surface area contributed by atoms with Crippen molar-refractivity contribution in [1.29, 1.82) is 0 Å². The molecule has 1 amide bonds. The standard InChI is InChI=1S/C12H17BrN2O3S/c1-7(2)15-6-8(13)5-10(15)11(16)14-9(3-4-19)12(17)18/h5-7,9,19H,3-4H2,1-2H3,(H,14,16)(H,17,18).